The second kappa shape index (κ2) is 4.09. The van der Waals surface area contributed by atoms with Crippen LogP contribution in [0.5, 0.6) is 0 Å². The van der Waals surface area contributed by atoms with E-state index in [2.05, 4.69) is 16.2 Å². The standard InChI is InChI=1S/C12H6F3N3O/c13-8-2-5(3-9(14)10(8)15)11-17-12(19-18-11)7-1-6(7)4-16/h2-3,6-7H,1H2. The van der Waals surface area contributed by atoms with Gasteiger partial charge in [0.05, 0.1) is 17.9 Å². The number of hydrogen-bond acceptors (Lipinski definition) is 4. The summed E-state index contributed by atoms with van der Waals surface area (Å²) >= 11 is 0. The van der Waals surface area contributed by atoms with Crippen molar-refractivity contribution in [3.05, 3.63) is 35.5 Å². The molecule has 0 aliphatic heterocycles. The molecule has 96 valence electrons. The van der Waals surface area contributed by atoms with Crippen molar-refractivity contribution in [1.29, 1.82) is 5.26 Å². The molecule has 1 fully saturated rings. The van der Waals surface area contributed by atoms with Crippen LogP contribution in [0.4, 0.5) is 13.2 Å². The summed E-state index contributed by atoms with van der Waals surface area (Å²) in [5, 5.41) is 12.3. The van der Waals surface area contributed by atoms with Gasteiger partial charge in [-0.2, -0.15) is 10.2 Å². The topological polar surface area (TPSA) is 62.7 Å². The average Bonchev–Trinajstić information content (AvgIpc) is 3.03. The van der Waals surface area contributed by atoms with E-state index in [1.165, 1.54) is 0 Å². The lowest BCUT2D eigenvalue weighted by atomic mass is 10.2. The third-order valence-corrected chi connectivity index (χ3v) is 2.96. The van der Waals surface area contributed by atoms with E-state index in [0.29, 0.717) is 6.42 Å². The summed E-state index contributed by atoms with van der Waals surface area (Å²) in [5.74, 6) is -4.23. The Kier molecular flexibility index (Phi) is 2.52. The highest BCUT2D eigenvalue weighted by atomic mass is 19.2. The Bertz CT molecular complexity index is 669. The summed E-state index contributed by atoms with van der Waals surface area (Å²) in [6.45, 7) is 0. The molecule has 0 N–H and O–H groups in total. The number of halogens is 3. The minimum absolute atomic E-state index is 0.0134. The van der Waals surface area contributed by atoms with Crippen molar-refractivity contribution in [2.75, 3.05) is 0 Å². The summed E-state index contributed by atoms with van der Waals surface area (Å²) < 4.78 is 43.9. The Balaban J connectivity index is 1.93. The van der Waals surface area contributed by atoms with E-state index >= 15 is 0 Å². The van der Waals surface area contributed by atoms with Crippen LogP contribution >= 0.6 is 0 Å². The molecule has 2 aromatic rings. The first-order valence-corrected chi connectivity index (χ1v) is 5.48. The van der Waals surface area contributed by atoms with Crippen molar-refractivity contribution >= 4 is 0 Å². The molecule has 1 aromatic heterocycles. The molecular formula is C12H6F3N3O. The van der Waals surface area contributed by atoms with E-state index < -0.39 is 17.5 Å². The predicted octanol–water partition coefficient (Wildman–Crippen LogP) is 2.78. The fraction of sp³-hybridized carbons (Fsp3) is 0.250. The average molecular weight is 265 g/mol. The molecule has 0 radical (unpaired) electrons. The van der Waals surface area contributed by atoms with Crippen LogP contribution in [0.2, 0.25) is 0 Å². The van der Waals surface area contributed by atoms with Crippen LogP contribution < -0.4 is 0 Å². The largest absolute Gasteiger partial charge is 0.339 e. The molecule has 0 spiro atoms. The number of nitriles is 1. The SMILES string of the molecule is N#CC1CC1c1nc(-c2cc(F)c(F)c(F)c2)no1. The fourth-order valence-electron chi connectivity index (χ4n) is 1.80. The van der Waals surface area contributed by atoms with Crippen molar-refractivity contribution in [1.82, 2.24) is 10.1 Å². The van der Waals surface area contributed by atoms with Gasteiger partial charge < -0.3 is 4.52 Å². The Labute approximate surface area is 105 Å². The molecule has 3 rings (SSSR count). The maximum Gasteiger partial charge on any atom is 0.231 e. The van der Waals surface area contributed by atoms with Crippen molar-refractivity contribution < 1.29 is 17.7 Å². The number of benzene rings is 1. The summed E-state index contributed by atoms with van der Waals surface area (Å²) in [7, 11) is 0. The molecular weight excluding hydrogens is 259 g/mol. The smallest absolute Gasteiger partial charge is 0.231 e. The van der Waals surface area contributed by atoms with E-state index in [0.717, 1.165) is 12.1 Å². The van der Waals surface area contributed by atoms with Crippen molar-refractivity contribution in [2.45, 2.75) is 12.3 Å². The Morgan fingerprint density at radius 3 is 2.53 bits per heavy atom. The molecule has 1 aliphatic rings. The minimum Gasteiger partial charge on any atom is -0.339 e. The van der Waals surface area contributed by atoms with Crippen molar-refractivity contribution in [3.8, 4) is 17.5 Å². The summed E-state index contributed by atoms with van der Waals surface area (Å²) in [6, 6.07) is 3.65. The molecule has 0 bridgehead atoms. The van der Waals surface area contributed by atoms with E-state index in [-0.39, 0.29) is 29.1 Å². The molecule has 19 heavy (non-hydrogen) atoms. The number of nitrogens with zero attached hydrogens (tertiary/aromatic N) is 3. The Hall–Kier alpha value is -2.36. The summed E-state index contributed by atoms with van der Waals surface area (Å²) in [5.41, 5.74) is -0.0134. The highest BCUT2D eigenvalue weighted by Crippen LogP contribution is 2.46. The zero-order chi connectivity index (χ0) is 13.6. The van der Waals surface area contributed by atoms with E-state index in [9.17, 15) is 13.2 Å². The second-order valence-electron chi connectivity index (χ2n) is 4.29. The van der Waals surface area contributed by atoms with Crippen LogP contribution in [0, 0.1) is 34.7 Å². The molecule has 0 saturated heterocycles. The maximum atomic E-state index is 13.1. The third kappa shape index (κ3) is 1.95. The van der Waals surface area contributed by atoms with Gasteiger partial charge in [-0.1, -0.05) is 5.16 Å². The minimum atomic E-state index is -1.54. The first-order valence-electron chi connectivity index (χ1n) is 5.48. The predicted molar refractivity (Wildman–Crippen MR) is 56.1 cm³/mol. The molecule has 1 heterocycles. The van der Waals surface area contributed by atoms with Gasteiger partial charge in [0.2, 0.25) is 11.7 Å². The first kappa shape index (κ1) is 11.7. The normalized spacial score (nSPS) is 21.2. The Morgan fingerprint density at radius 1 is 1.26 bits per heavy atom. The molecule has 4 nitrogen and oxygen atoms in total. The van der Waals surface area contributed by atoms with Crippen LogP contribution in [-0.2, 0) is 0 Å². The van der Waals surface area contributed by atoms with Crippen LogP contribution in [0.15, 0.2) is 16.7 Å². The molecule has 2 atom stereocenters. The van der Waals surface area contributed by atoms with Gasteiger partial charge in [-0.05, 0) is 18.6 Å². The lowest BCUT2D eigenvalue weighted by Crippen LogP contribution is -1.93. The van der Waals surface area contributed by atoms with Crippen molar-refractivity contribution in [3.63, 3.8) is 0 Å². The molecule has 0 amide bonds. The van der Waals surface area contributed by atoms with Gasteiger partial charge in [-0.15, -0.1) is 0 Å². The summed E-state index contributed by atoms with van der Waals surface area (Å²) in [6.07, 6.45) is 0.629. The maximum absolute atomic E-state index is 13.1. The molecule has 2 unspecified atom stereocenters. The van der Waals surface area contributed by atoms with Crippen LogP contribution in [-0.4, -0.2) is 10.1 Å². The van der Waals surface area contributed by atoms with Gasteiger partial charge in [-0.25, -0.2) is 13.2 Å². The highest BCUT2D eigenvalue weighted by Gasteiger charge is 2.43. The Morgan fingerprint density at radius 2 is 1.95 bits per heavy atom. The van der Waals surface area contributed by atoms with E-state index in [1.807, 2.05) is 0 Å². The zero-order valence-electron chi connectivity index (χ0n) is 9.40. The molecule has 1 aromatic carbocycles. The van der Waals surface area contributed by atoms with Crippen LogP contribution in [0.1, 0.15) is 18.2 Å². The molecule has 1 saturated carbocycles. The van der Waals surface area contributed by atoms with Crippen molar-refractivity contribution in [2.24, 2.45) is 5.92 Å². The second-order valence-corrected chi connectivity index (χ2v) is 4.29. The van der Waals surface area contributed by atoms with Crippen LogP contribution in [0.25, 0.3) is 11.4 Å². The van der Waals surface area contributed by atoms with Gasteiger partial charge in [0, 0.05) is 5.56 Å². The number of hydrogen-bond donors (Lipinski definition) is 0. The molecule has 1 aliphatic carbocycles. The van der Waals surface area contributed by atoms with Gasteiger partial charge in [-0.3, -0.25) is 0 Å². The lowest BCUT2D eigenvalue weighted by Gasteiger charge is -1.97. The third-order valence-electron chi connectivity index (χ3n) is 2.96. The molecule has 7 heteroatoms. The van der Waals surface area contributed by atoms with Gasteiger partial charge in [0.25, 0.3) is 0 Å². The zero-order valence-corrected chi connectivity index (χ0v) is 9.40. The van der Waals surface area contributed by atoms with E-state index in [1.54, 1.807) is 0 Å². The first-order chi connectivity index (χ1) is 9.10. The van der Waals surface area contributed by atoms with Gasteiger partial charge in [0.1, 0.15) is 0 Å². The quantitative estimate of drug-likeness (QED) is 0.783. The monoisotopic (exact) mass is 265 g/mol. The van der Waals surface area contributed by atoms with Crippen LogP contribution in [0.3, 0.4) is 0 Å². The van der Waals surface area contributed by atoms with E-state index in [4.69, 9.17) is 9.78 Å². The van der Waals surface area contributed by atoms with Gasteiger partial charge >= 0.3 is 0 Å². The number of rotatable bonds is 2. The summed E-state index contributed by atoms with van der Waals surface area (Å²) in [4.78, 5) is 3.97. The fourth-order valence-corrected chi connectivity index (χ4v) is 1.80. The van der Waals surface area contributed by atoms with Gasteiger partial charge in [0.15, 0.2) is 17.5 Å². The lowest BCUT2D eigenvalue weighted by molar-refractivity contribution is 0.378. The number of aromatic nitrogens is 2. The highest BCUT2D eigenvalue weighted by molar-refractivity contribution is 5.54.